The summed E-state index contributed by atoms with van der Waals surface area (Å²) >= 11 is 0. The highest BCUT2D eigenvalue weighted by molar-refractivity contribution is 5.28. The van der Waals surface area contributed by atoms with Crippen molar-refractivity contribution in [2.24, 2.45) is 5.92 Å². The first-order valence-electron chi connectivity index (χ1n) is 6.58. The van der Waals surface area contributed by atoms with Crippen LogP contribution in [0.1, 0.15) is 33.3 Å². The molecule has 1 rings (SSSR count). The molecule has 0 radical (unpaired) electrons. The number of rotatable bonds is 7. The van der Waals surface area contributed by atoms with E-state index in [1.807, 2.05) is 6.07 Å². The lowest BCUT2D eigenvalue weighted by atomic mass is 10.1. The number of hydrogen-bond donors (Lipinski definition) is 1. The quantitative estimate of drug-likeness (QED) is 0.732. The van der Waals surface area contributed by atoms with Crippen LogP contribution in [-0.2, 0) is 6.42 Å². The highest BCUT2D eigenvalue weighted by Crippen LogP contribution is 2.13. The molecular formula is C15H25NO. The van der Waals surface area contributed by atoms with Crippen LogP contribution in [0, 0.1) is 5.92 Å². The third kappa shape index (κ3) is 5.22. The van der Waals surface area contributed by atoms with E-state index >= 15 is 0 Å². The highest BCUT2D eigenvalue weighted by Gasteiger charge is 2.04. The fourth-order valence-electron chi connectivity index (χ4n) is 1.55. The van der Waals surface area contributed by atoms with Crippen LogP contribution in [0.25, 0.3) is 0 Å². The van der Waals surface area contributed by atoms with Gasteiger partial charge in [-0.15, -0.1) is 0 Å². The van der Waals surface area contributed by atoms with Crippen molar-refractivity contribution in [2.45, 2.75) is 40.2 Å². The average Bonchev–Trinajstić information content (AvgIpc) is 2.34. The van der Waals surface area contributed by atoms with Gasteiger partial charge in [0.1, 0.15) is 12.4 Å². The van der Waals surface area contributed by atoms with Crippen molar-refractivity contribution in [2.75, 3.05) is 13.2 Å². The molecule has 1 aromatic carbocycles. The lowest BCUT2D eigenvalue weighted by molar-refractivity contribution is 0.296. The fourth-order valence-corrected chi connectivity index (χ4v) is 1.55. The molecule has 96 valence electrons. The second-order valence-corrected chi connectivity index (χ2v) is 4.84. The van der Waals surface area contributed by atoms with E-state index in [4.69, 9.17) is 4.74 Å². The van der Waals surface area contributed by atoms with E-state index in [-0.39, 0.29) is 0 Å². The predicted octanol–water partition coefficient (Wildman–Crippen LogP) is 3.26. The average molecular weight is 235 g/mol. The van der Waals surface area contributed by atoms with Crippen LogP contribution in [0.2, 0.25) is 0 Å². The summed E-state index contributed by atoms with van der Waals surface area (Å²) in [5.74, 6) is 1.64. The molecular weight excluding hydrogens is 210 g/mol. The SMILES string of the molecule is CCc1cccc(OCCNC(C)C(C)C)c1. The van der Waals surface area contributed by atoms with E-state index < -0.39 is 0 Å². The second-order valence-electron chi connectivity index (χ2n) is 4.84. The second kappa shape index (κ2) is 7.33. The van der Waals surface area contributed by atoms with Crippen molar-refractivity contribution in [3.05, 3.63) is 29.8 Å². The summed E-state index contributed by atoms with van der Waals surface area (Å²) in [6.07, 6.45) is 1.06. The van der Waals surface area contributed by atoms with Gasteiger partial charge in [-0.25, -0.2) is 0 Å². The first-order valence-corrected chi connectivity index (χ1v) is 6.58. The van der Waals surface area contributed by atoms with Crippen molar-refractivity contribution in [1.82, 2.24) is 5.32 Å². The van der Waals surface area contributed by atoms with Crippen LogP contribution in [0.5, 0.6) is 5.75 Å². The summed E-state index contributed by atoms with van der Waals surface area (Å²) in [6.45, 7) is 10.4. The Bertz CT molecular complexity index is 322. The van der Waals surface area contributed by atoms with Crippen LogP contribution in [0.4, 0.5) is 0 Å². The van der Waals surface area contributed by atoms with Gasteiger partial charge in [0.2, 0.25) is 0 Å². The maximum absolute atomic E-state index is 5.72. The molecule has 0 heterocycles. The Morgan fingerprint density at radius 2 is 2.00 bits per heavy atom. The molecule has 0 aliphatic heterocycles. The zero-order valence-electron chi connectivity index (χ0n) is 11.5. The summed E-state index contributed by atoms with van der Waals surface area (Å²) in [4.78, 5) is 0. The molecule has 0 saturated carbocycles. The Labute approximate surface area is 105 Å². The Balaban J connectivity index is 2.26. The zero-order valence-corrected chi connectivity index (χ0v) is 11.5. The first-order chi connectivity index (χ1) is 8.13. The van der Waals surface area contributed by atoms with Gasteiger partial charge in [-0.3, -0.25) is 0 Å². The van der Waals surface area contributed by atoms with E-state index in [0.717, 1.165) is 25.3 Å². The summed E-state index contributed by atoms with van der Waals surface area (Å²) in [7, 11) is 0. The first kappa shape index (κ1) is 14.0. The number of nitrogens with one attached hydrogen (secondary N) is 1. The lowest BCUT2D eigenvalue weighted by Gasteiger charge is -2.17. The Kier molecular flexibility index (Phi) is 6.06. The molecule has 0 saturated heterocycles. The third-order valence-electron chi connectivity index (χ3n) is 3.14. The van der Waals surface area contributed by atoms with E-state index in [0.29, 0.717) is 12.0 Å². The minimum Gasteiger partial charge on any atom is -0.492 e. The van der Waals surface area contributed by atoms with Crippen LogP contribution >= 0.6 is 0 Å². The van der Waals surface area contributed by atoms with Crippen molar-refractivity contribution in [1.29, 1.82) is 0 Å². The van der Waals surface area contributed by atoms with E-state index in [2.05, 4.69) is 51.2 Å². The molecule has 0 spiro atoms. The van der Waals surface area contributed by atoms with Gasteiger partial charge in [0.25, 0.3) is 0 Å². The van der Waals surface area contributed by atoms with Crippen molar-refractivity contribution >= 4 is 0 Å². The number of aryl methyl sites for hydroxylation is 1. The van der Waals surface area contributed by atoms with Crippen molar-refractivity contribution in [3.63, 3.8) is 0 Å². The maximum Gasteiger partial charge on any atom is 0.119 e. The number of ether oxygens (including phenoxy) is 1. The summed E-state index contributed by atoms with van der Waals surface area (Å²) in [5.41, 5.74) is 1.33. The minimum atomic E-state index is 0.542. The number of hydrogen-bond acceptors (Lipinski definition) is 2. The standard InChI is InChI=1S/C15H25NO/c1-5-14-7-6-8-15(11-14)17-10-9-16-13(4)12(2)3/h6-8,11-13,16H,5,9-10H2,1-4H3. The normalized spacial score (nSPS) is 12.8. The Morgan fingerprint density at radius 3 is 2.65 bits per heavy atom. The lowest BCUT2D eigenvalue weighted by Crippen LogP contribution is -2.33. The fraction of sp³-hybridized carbons (Fsp3) is 0.600. The third-order valence-corrected chi connectivity index (χ3v) is 3.14. The van der Waals surface area contributed by atoms with E-state index in [1.54, 1.807) is 0 Å². The summed E-state index contributed by atoms with van der Waals surface area (Å²) in [6, 6.07) is 8.86. The molecule has 1 unspecified atom stereocenters. The predicted molar refractivity (Wildman–Crippen MR) is 73.6 cm³/mol. The van der Waals surface area contributed by atoms with Gasteiger partial charge in [0.05, 0.1) is 0 Å². The van der Waals surface area contributed by atoms with Gasteiger partial charge in [-0.2, -0.15) is 0 Å². The van der Waals surface area contributed by atoms with Crippen LogP contribution in [0.3, 0.4) is 0 Å². The van der Waals surface area contributed by atoms with Crippen molar-refractivity contribution < 1.29 is 4.74 Å². The molecule has 0 amide bonds. The van der Waals surface area contributed by atoms with Crippen LogP contribution in [-0.4, -0.2) is 19.2 Å². The molecule has 17 heavy (non-hydrogen) atoms. The molecule has 0 aliphatic carbocycles. The topological polar surface area (TPSA) is 21.3 Å². The zero-order chi connectivity index (χ0) is 12.7. The minimum absolute atomic E-state index is 0.542. The van der Waals surface area contributed by atoms with Gasteiger partial charge in [-0.1, -0.05) is 32.9 Å². The Hall–Kier alpha value is -1.02. The van der Waals surface area contributed by atoms with Crippen LogP contribution < -0.4 is 10.1 Å². The molecule has 0 bridgehead atoms. The smallest absolute Gasteiger partial charge is 0.119 e. The van der Waals surface area contributed by atoms with E-state index in [9.17, 15) is 0 Å². The van der Waals surface area contributed by atoms with Gasteiger partial charge in [0, 0.05) is 12.6 Å². The molecule has 2 heteroatoms. The maximum atomic E-state index is 5.72. The van der Waals surface area contributed by atoms with Gasteiger partial charge in [-0.05, 0) is 37.0 Å². The summed E-state index contributed by atoms with van der Waals surface area (Å²) < 4.78 is 5.72. The molecule has 0 aromatic heterocycles. The van der Waals surface area contributed by atoms with Crippen molar-refractivity contribution in [3.8, 4) is 5.75 Å². The highest BCUT2D eigenvalue weighted by atomic mass is 16.5. The Morgan fingerprint density at radius 1 is 1.24 bits per heavy atom. The van der Waals surface area contributed by atoms with Gasteiger partial charge >= 0.3 is 0 Å². The number of benzene rings is 1. The van der Waals surface area contributed by atoms with E-state index in [1.165, 1.54) is 5.56 Å². The molecule has 1 aromatic rings. The molecule has 2 nitrogen and oxygen atoms in total. The molecule has 0 fully saturated rings. The molecule has 0 aliphatic rings. The molecule has 1 N–H and O–H groups in total. The monoisotopic (exact) mass is 235 g/mol. The largest absolute Gasteiger partial charge is 0.492 e. The van der Waals surface area contributed by atoms with Gasteiger partial charge in [0.15, 0.2) is 0 Å². The molecule has 1 atom stereocenters. The van der Waals surface area contributed by atoms with Crippen LogP contribution in [0.15, 0.2) is 24.3 Å². The summed E-state index contributed by atoms with van der Waals surface area (Å²) in [5, 5.41) is 3.46. The van der Waals surface area contributed by atoms with Gasteiger partial charge < -0.3 is 10.1 Å².